The van der Waals surface area contributed by atoms with E-state index in [0.29, 0.717) is 18.1 Å². The van der Waals surface area contributed by atoms with E-state index in [4.69, 9.17) is 0 Å². The molecule has 0 bridgehead atoms. The summed E-state index contributed by atoms with van der Waals surface area (Å²) >= 11 is 1.62. The number of hydrogen-bond acceptors (Lipinski definition) is 5. The Morgan fingerprint density at radius 2 is 2.33 bits per heavy atom. The Bertz CT molecular complexity index is 527. The lowest BCUT2D eigenvalue weighted by atomic mass is 10.3. The van der Waals surface area contributed by atoms with Crippen molar-refractivity contribution in [3.05, 3.63) is 40.5 Å². The molecule has 1 amide bonds. The molecule has 2 aromatic rings. The molecule has 6 heteroatoms. The lowest BCUT2D eigenvalue weighted by molar-refractivity contribution is 0.0779. The van der Waals surface area contributed by atoms with Crippen LogP contribution >= 0.6 is 11.3 Å². The number of aromatic nitrogens is 2. The van der Waals surface area contributed by atoms with E-state index in [-0.39, 0.29) is 5.91 Å². The van der Waals surface area contributed by atoms with Gasteiger partial charge in [0.1, 0.15) is 11.5 Å². The van der Waals surface area contributed by atoms with Gasteiger partial charge >= 0.3 is 0 Å². The molecule has 2 aromatic heterocycles. The van der Waals surface area contributed by atoms with Crippen molar-refractivity contribution < 1.29 is 4.79 Å². The van der Waals surface area contributed by atoms with E-state index in [1.807, 2.05) is 16.8 Å². The van der Waals surface area contributed by atoms with Crippen molar-refractivity contribution >= 4 is 23.1 Å². The molecule has 1 N–H and O–H groups in total. The summed E-state index contributed by atoms with van der Waals surface area (Å²) < 4.78 is 0. The average molecular weight is 262 g/mol. The van der Waals surface area contributed by atoms with Crippen LogP contribution in [0.15, 0.2) is 29.2 Å². The maximum absolute atomic E-state index is 12.1. The Morgan fingerprint density at radius 1 is 1.50 bits per heavy atom. The van der Waals surface area contributed by atoms with Gasteiger partial charge in [-0.15, -0.1) is 0 Å². The molecule has 0 spiro atoms. The number of hydrogen-bond donors (Lipinski definition) is 1. The fourth-order valence-electron chi connectivity index (χ4n) is 1.51. The van der Waals surface area contributed by atoms with E-state index in [0.717, 1.165) is 5.56 Å². The zero-order valence-electron chi connectivity index (χ0n) is 10.3. The van der Waals surface area contributed by atoms with Gasteiger partial charge in [-0.25, -0.2) is 4.98 Å². The second-order valence-corrected chi connectivity index (χ2v) is 4.61. The molecular weight excluding hydrogens is 248 g/mol. The highest BCUT2D eigenvalue weighted by molar-refractivity contribution is 7.07. The van der Waals surface area contributed by atoms with Crippen molar-refractivity contribution in [2.24, 2.45) is 0 Å². The zero-order chi connectivity index (χ0) is 13.0. The first-order valence-electron chi connectivity index (χ1n) is 5.47. The smallest absolute Gasteiger partial charge is 0.274 e. The number of amides is 1. The third-order valence-electron chi connectivity index (χ3n) is 2.46. The fraction of sp³-hybridized carbons (Fsp3) is 0.250. The van der Waals surface area contributed by atoms with Gasteiger partial charge < -0.3 is 10.2 Å². The summed E-state index contributed by atoms with van der Waals surface area (Å²) in [4.78, 5) is 21.9. The van der Waals surface area contributed by atoms with Gasteiger partial charge in [0.05, 0.1) is 12.4 Å². The number of rotatable bonds is 4. The molecule has 0 aliphatic rings. The summed E-state index contributed by atoms with van der Waals surface area (Å²) in [6.45, 7) is 0.577. The molecule has 0 saturated carbocycles. The van der Waals surface area contributed by atoms with Gasteiger partial charge in [0, 0.05) is 20.6 Å². The minimum absolute atomic E-state index is 0.134. The molecule has 5 nitrogen and oxygen atoms in total. The Kier molecular flexibility index (Phi) is 3.88. The lowest BCUT2D eigenvalue weighted by Crippen LogP contribution is -2.27. The van der Waals surface area contributed by atoms with Crippen LogP contribution in [0.2, 0.25) is 0 Å². The summed E-state index contributed by atoms with van der Waals surface area (Å²) in [6, 6.07) is 2.00. The molecule has 0 aliphatic heterocycles. The summed E-state index contributed by atoms with van der Waals surface area (Å²) in [6.07, 6.45) is 3.06. The minimum atomic E-state index is -0.134. The van der Waals surface area contributed by atoms with Crippen LogP contribution in [0.3, 0.4) is 0 Å². The number of anilines is 1. The van der Waals surface area contributed by atoms with Crippen LogP contribution in [-0.2, 0) is 6.54 Å². The molecule has 2 rings (SSSR count). The maximum atomic E-state index is 12.1. The summed E-state index contributed by atoms with van der Waals surface area (Å²) in [5, 5.41) is 6.89. The molecule has 2 heterocycles. The van der Waals surface area contributed by atoms with Gasteiger partial charge in [-0.3, -0.25) is 9.78 Å². The van der Waals surface area contributed by atoms with Crippen LogP contribution in [0.25, 0.3) is 0 Å². The van der Waals surface area contributed by atoms with Crippen LogP contribution in [0.4, 0.5) is 5.82 Å². The molecule has 0 unspecified atom stereocenters. The Labute approximate surface area is 109 Å². The zero-order valence-corrected chi connectivity index (χ0v) is 11.1. The normalized spacial score (nSPS) is 10.1. The Balaban J connectivity index is 2.10. The molecular formula is C12H14N4OS. The molecule has 0 fully saturated rings. The van der Waals surface area contributed by atoms with Crippen LogP contribution in [-0.4, -0.2) is 34.9 Å². The van der Waals surface area contributed by atoms with Gasteiger partial charge in [0.2, 0.25) is 0 Å². The third kappa shape index (κ3) is 2.84. The standard InChI is InChI=1S/C12H14N4OS/c1-13-11-6-14-5-10(15-11)12(17)16(2)7-9-3-4-18-8-9/h3-6,8H,7H2,1-2H3,(H,13,15). The van der Waals surface area contributed by atoms with E-state index < -0.39 is 0 Å². The van der Waals surface area contributed by atoms with Crippen molar-refractivity contribution in [1.82, 2.24) is 14.9 Å². The van der Waals surface area contributed by atoms with E-state index in [1.54, 1.807) is 36.5 Å². The number of nitrogens with zero attached hydrogens (tertiary/aromatic N) is 3. The predicted octanol–water partition coefficient (Wildman–Crippen LogP) is 1.85. The van der Waals surface area contributed by atoms with Gasteiger partial charge in [-0.05, 0) is 22.4 Å². The molecule has 0 radical (unpaired) electrons. The number of carbonyl (C=O) groups excluding carboxylic acids is 1. The van der Waals surface area contributed by atoms with E-state index in [2.05, 4.69) is 15.3 Å². The van der Waals surface area contributed by atoms with Crippen molar-refractivity contribution in [2.75, 3.05) is 19.4 Å². The lowest BCUT2D eigenvalue weighted by Gasteiger charge is -2.15. The highest BCUT2D eigenvalue weighted by Gasteiger charge is 2.14. The van der Waals surface area contributed by atoms with Crippen molar-refractivity contribution in [3.8, 4) is 0 Å². The maximum Gasteiger partial charge on any atom is 0.274 e. The van der Waals surface area contributed by atoms with E-state index in [1.165, 1.54) is 6.20 Å². The van der Waals surface area contributed by atoms with Crippen molar-refractivity contribution in [3.63, 3.8) is 0 Å². The minimum Gasteiger partial charge on any atom is -0.372 e. The summed E-state index contributed by atoms with van der Waals surface area (Å²) in [5.41, 5.74) is 1.47. The first-order chi connectivity index (χ1) is 8.70. The first kappa shape index (κ1) is 12.5. The van der Waals surface area contributed by atoms with Crippen molar-refractivity contribution in [1.29, 1.82) is 0 Å². The predicted molar refractivity (Wildman–Crippen MR) is 71.7 cm³/mol. The van der Waals surface area contributed by atoms with Crippen LogP contribution in [0.5, 0.6) is 0 Å². The van der Waals surface area contributed by atoms with E-state index in [9.17, 15) is 4.79 Å². The summed E-state index contributed by atoms with van der Waals surface area (Å²) in [5.74, 6) is 0.454. The van der Waals surface area contributed by atoms with Crippen LogP contribution in [0.1, 0.15) is 16.1 Å². The van der Waals surface area contributed by atoms with Crippen LogP contribution in [0, 0.1) is 0 Å². The van der Waals surface area contributed by atoms with Crippen LogP contribution < -0.4 is 5.32 Å². The van der Waals surface area contributed by atoms with Crippen molar-refractivity contribution in [2.45, 2.75) is 6.54 Å². The largest absolute Gasteiger partial charge is 0.372 e. The molecule has 0 saturated heterocycles. The topological polar surface area (TPSA) is 58.1 Å². The molecule has 0 atom stereocenters. The van der Waals surface area contributed by atoms with Gasteiger partial charge in [0.25, 0.3) is 5.91 Å². The number of thiophene rings is 1. The molecule has 18 heavy (non-hydrogen) atoms. The third-order valence-corrected chi connectivity index (χ3v) is 3.19. The fourth-order valence-corrected chi connectivity index (χ4v) is 2.17. The van der Waals surface area contributed by atoms with Gasteiger partial charge in [0.15, 0.2) is 0 Å². The molecule has 94 valence electrons. The summed E-state index contributed by atoms with van der Waals surface area (Å²) in [7, 11) is 3.50. The first-order valence-corrected chi connectivity index (χ1v) is 6.41. The quantitative estimate of drug-likeness (QED) is 0.913. The molecule has 0 aliphatic carbocycles. The Hall–Kier alpha value is -1.95. The van der Waals surface area contributed by atoms with Gasteiger partial charge in [-0.2, -0.15) is 11.3 Å². The monoisotopic (exact) mass is 262 g/mol. The second kappa shape index (κ2) is 5.59. The van der Waals surface area contributed by atoms with Gasteiger partial charge in [-0.1, -0.05) is 0 Å². The Morgan fingerprint density at radius 3 is 3.00 bits per heavy atom. The molecule has 0 aromatic carbocycles. The number of carbonyl (C=O) groups is 1. The highest BCUT2D eigenvalue weighted by atomic mass is 32.1. The SMILES string of the molecule is CNc1cncc(C(=O)N(C)Cc2ccsc2)n1. The highest BCUT2D eigenvalue weighted by Crippen LogP contribution is 2.10. The van der Waals surface area contributed by atoms with E-state index >= 15 is 0 Å². The second-order valence-electron chi connectivity index (χ2n) is 3.83. The number of nitrogens with one attached hydrogen (secondary N) is 1. The average Bonchev–Trinajstić information content (AvgIpc) is 2.90.